The van der Waals surface area contributed by atoms with E-state index in [0.29, 0.717) is 28.1 Å². The van der Waals surface area contributed by atoms with Crippen LogP contribution >= 0.6 is 0 Å². The number of aromatic nitrogens is 4. The molecular formula is C24H25N5O4S. The Hall–Kier alpha value is -3.53. The van der Waals surface area contributed by atoms with Crippen molar-refractivity contribution < 1.29 is 13.2 Å². The molecule has 0 spiro atoms. The number of nitrogens with one attached hydrogen (secondary N) is 2. The number of hydrogen-bond donors (Lipinski definition) is 2. The standard InChI is InChI=1S/C24H25N5O4S/c1-14-25-19-10-8-15(12-18(19)24(31)26-14)22-27-20-13-16(23(30)28-34(2,32)33)9-11-21(20)29(22)17-6-4-3-5-7-17/h8-13,17H,3-7H2,1-2H3,(H,28,30)(H,25,26,31). The number of aromatic amines is 1. The first kappa shape index (κ1) is 22.3. The third kappa shape index (κ3) is 4.21. The summed E-state index contributed by atoms with van der Waals surface area (Å²) in [6.07, 6.45) is 6.42. The summed E-state index contributed by atoms with van der Waals surface area (Å²) in [6, 6.07) is 10.8. The van der Waals surface area contributed by atoms with Crippen LogP contribution in [0.4, 0.5) is 0 Å². The molecule has 2 heterocycles. The van der Waals surface area contributed by atoms with E-state index in [9.17, 15) is 18.0 Å². The molecule has 1 amide bonds. The molecule has 1 aliphatic carbocycles. The second kappa shape index (κ2) is 8.35. The number of aryl methyl sites for hydroxylation is 1. The van der Waals surface area contributed by atoms with E-state index >= 15 is 0 Å². The zero-order valence-corrected chi connectivity index (χ0v) is 19.8. The predicted octanol–water partition coefficient (Wildman–Crippen LogP) is 3.44. The average Bonchev–Trinajstić information content (AvgIpc) is 3.17. The van der Waals surface area contributed by atoms with Gasteiger partial charge in [0.2, 0.25) is 10.0 Å². The van der Waals surface area contributed by atoms with Gasteiger partial charge in [-0.05, 0) is 56.2 Å². The minimum atomic E-state index is -3.68. The zero-order chi connectivity index (χ0) is 24.0. The molecule has 2 aromatic carbocycles. The fourth-order valence-electron chi connectivity index (χ4n) is 4.77. The molecule has 0 aliphatic heterocycles. The zero-order valence-electron chi connectivity index (χ0n) is 19.0. The highest BCUT2D eigenvalue weighted by molar-refractivity contribution is 7.89. The van der Waals surface area contributed by atoms with Crippen LogP contribution in [0, 0.1) is 6.92 Å². The Balaban J connectivity index is 1.69. The minimum Gasteiger partial charge on any atom is -0.321 e. The van der Waals surface area contributed by atoms with Gasteiger partial charge in [-0.15, -0.1) is 0 Å². The first-order chi connectivity index (χ1) is 16.2. The van der Waals surface area contributed by atoms with Crippen molar-refractivity contribution in [2.24, 2.45) is 0 Å². The Morgan fingerprint density at radius 3 is 2.56 bits per heavy atom. The highest BCUT2D eigenvalue weighted by Gasteiger charge is 2.23. The van der Waals surface area contributed by atoms with Gasteiger partial charge in [-0.1, -0.05) is 19.3 Å². The molecule has 0 saturated heterocycles. The Morgan fingerprint density at radius 1 is 1.06 bits per heavy atom. The van der Waals surface area contributed by atoms with Crippen molar-refractivity contribution in [1.82, 2.24) is 24.2 Å². The van der Waals surface area contributed by atoms with Gasteiger partial charge < -0.3 is 9.55 Å². The maximum Gasteiger partial charge on any atom is 0.264 e. The van der Waals surface area contributed by atoms with E-state index in [1.54, 1.807) is 25.1 Å². The predicted molar refractivity (Wildman–Crippen MR) is 130 cm³/mol. The van der Waals surface area contributed by atoms with Crippen LogP contribution < -0.4 is 10.3 Å². The molecule has 0 atom stereocenters. The van der Waals surface area contributed by atoms with E-state index in [4.69, 9.17) is 4.98 Å². The number of fused-ring (bicyclic) bond motifs is 2. The van der Waals surface area contributed by atoms with Crippen LogP contribution in [-0.4, -0.2) is 40.1 Å². The summed E-state index contributed by atoms with van der Waals surface area (Å²) >= 11 is 0. The third-order valence-electron chi connectivity index (χ3n) is 6.25. The Bertz CT molecular complexity index is 1600. The van der Waals surface area contributed by atoms with Crippen molar-refractivity contribution in [2.75, 3.05) is 6.26 Å². The molecule has 9 nitrogen and oxygen atoms in total. The lowest BCUT2D eigenvalue weighted by atomic mass is 9.94. The van der Waals surface area contributed by atoms with Crippen molar-refractivity contribution in [3.8, 4) is 11.4 Å². The number of benzene rings is 2. The number of H-pyrrole nitrogens is 1. The molecule has 176 valence electrons. The quantitative estimate of drug-likeness (QED) is 0.462. The van der Waals surface area contributed by atoms with E-state index in [1.165, 1.54) is 6.42 Å². The highest BCUT2D eigenvalue weighted by Crippen LogP contribution is 2.36. The summed E-state index contributed by atoms with van der Waals surface area (Å²) in [6.45, 7) is 1.74. The summed E-state index contributed by atoms with van der Waals surface area (Å²) in [7, 11) is -3.68. The lowest BCUT2D eigenvalue weighted by Gasteiger charge is -2.25. The van der Waals surface area contributed by atoms with E-state index in [2.05, 4.69) is 14.5 Å². The van der Waals surface area contributed by atoms with E-state index < -0.39 is 15.9 Å². The van der Waals surface area contributed by atoms with Gasteiger partial charge in [-0.25, -0.2) is 23.1 Å². The number of nitrogens with zero attached hydrogens (tertiary/aromatic N) is 3. The maximum absolute atomic E-state index is 12.6. The molecule has 0 bridgehead atoms. The monoisotopic (exact) mass is 479 g/mol. The number of carbonyl (C=O) groups excluding carboxylic acids is 1. The molecule has 5 rings (SSSR count). The third-order valence-corrected chi connectivity index (χ3v) is 6.81. The van der Waals surface area contributed by atoms with Crippen molar-refractivity contribution in [2.45, 2.75) is 45.1 Å². The number of amides is 1. The van der Waals surface area contributed by atoms with E-state index in [0.717, 1.165) is 43.0 Å². The number of carbonyl (C=O) groups is 1. The van der Waals surface area contributed by atoms with Gasteiger partial charge >= 0.3 is 0 Å². The van der Waals surface area contributed by atoms with Crippen LogP contribution in [0.2, 0.25) is 0 Å². The van der Waals surface area contributed by atoms with Crippen molar-refractivity contribution in [1.29, 1.82) is 0 Å². The Morgan fingerprint density at radius 2 is 1.82 bits per heavy atom. The molecule has 1 saturated carbocycles. The number of rotatable bonds is 4. The minimum absolute atomic E-state index is 0.204. The second-order valence-electron chi connectivity index (χ2n) is 8.89. The lowest BCUT2D eigenvalue weighted by Crippen LogP contribution is -2.29. The number of hydrogen-bond acceptors (Lipinski definition) is 6. The smallest absolute Gasteiger partial charge is 0.264 e. The van der Waals surface area contributed by atoms with Gasteiger partial charge in [0.1, 0.15) is 11.6 Å². The topological polar surface area (TPSA) is 127 Å². The molecule has 2 aromatic heterocycles. The van der Waals surface area contributed by atoms with Gasteiger partial charge in [0.25, 0.3) is 11.5 Å². The Labute approximate surface area is 196 Å². The second-order valence-corrected chi connectivity index (χ2v) is 10.6. The number of imidazole rings is 1. The van der Waals surface area contributed by atoms with Crippen molar-refractivity contribution >= 4 is 37.9 Å². The van der Waals surface area contributed by atoms with Gasteiger partial charge in [-0.2, -0.15) is 0 Å². The summed E-state index contributed by atoms with van der Waals surface area (Å²) in [5.41, 5.74) is 2.88. The molecule has 0 unspecified atom stereocenters. The normalized spacial score (nSPS) is 15.1. The van der Waals surface area contributed by atoms with Crippen LogP contribution in [-0.2, 0) is 10.0 Å². The SMILES string of the molecule is Cc1nc2ccc(-c3nc4cc(C(=O)NS(C)(=O)=O)ccc4n3C3CCCCC3)cc2c(=O)[nH]1. The summed E-state index contributed by atoms with van der Waals surface area (Å²) in [4.78, 5) is 37.0. The van der Waals surface area contributed by atoms with Gasteiger partial charge in [-0.3, -0.25) is 9.59 Å². The van der Waals surface area contributed by atoms with E-state index in [1.807, 2.05) is 22.9 Å². The van der Waals surface area contributed by atoms with Crippen LogP contribution in [0.1, 0.15) is 54.3 Å². The summed E-state index contributed by atoms with van der Waals surface area (Å²) < 4.78 is 27.2. The van der Waals surface area contributed by atoms with Crippen LogP contribution in [0.25, 0.3) is 33.3 Å². The van der Waals surface area contributed by atoms with E-state index in [-0.39, 0.29) is 17.2 Å². The van der Waals surface area contributed by atoms with Crippen LogP contribution in [0.3, 0.4) is 0 Å². The largest absolute Gasteiger partial charge is 0.321 e. The van der Waals surface area contributed by atoms with Crippen molar-refractivity contribution in [3.63, 3.8) is 0 Å². The summed E-state index contributed by atoms with van der Waals surface area (Å²) in [5, 5.41) is 0.485. The summed E-state index contributed by atoms with van der Waals surface area (Å²) in [5.74, 6) is 0.570. The lowest BCUT2D eigenvalue weighted by molar-refractivity contribution is 0.0982. The van der Waals surface area contributed by atoms with Gasteiger partial charge in [0.05, 0.1) is 28.2 Å². The molecular weight excluding hydrogens is 454 g/mol. The first-order valence-electron chi connectivity index (χ1n) is 11.2. The van der Waals surface area contributed by atoms with Gasteiger partial charge in [0, 0.05) is 17.2 Å². The molecule has 2 N–H and O–H groups in total. The number of sulfonamides is 1. The molecule has 1 aliphatic rings. The van der Waals surface area contributed by atoms with Crippen LogP contribution in [0.5, 0.6) is 0 Å². The molecule has 0 radical (unpaired) electrons. The molecule has 34 heavy (non-hydrogen) atoms. The Kier molecular flexibility index (Phi) is 5.47. The van der Waals surface area contributed by atoms with Crippen LogP contribution in [0.15, 0.2) is 41.2 Å². The van der Waals surface area contributed by atoms with Gasteiger partial charge in [0.15, 0.2) is 0 Å². The molecule has 4 aromatic rings. The highest BCUT2D eigenvalue weighted by atomic mass is 32.2. The fraction of sp³-hybridized carbons (Fsp3) is 0.333. The maximum atomic E-state index is 12.6. The molecule has 10 heteroatoms. The average molecular weight is 480 g/mol. The van der Waals surface area contributed by atoms with Crippen molar-refractivity contribution in [3.05, 3.63) is 58.1 Å². The molecule has 1 fully saturated rings. The fourth-order valence-corrected chi connectivity index (χ4v) is 5.23. The first-order valence-corrected chi connectivity index (χ1v) is 13.1.